The lowest BCUT2D eigenvalue weighted by molar-refractivity contribution is -0.145. The van der Waals surface area contributed by atoms with E-state index in [0.717, 1.165) is 31.8 Å². The number of ether oxygens (including phenoxy) is 1. The predicted molar refractivity (Wildman–Crippen MR) is 144 cm³/mol. The molecule has 0 aliphatic carbocycles. The standard InChI is InChI=1S/C29H34NO4P/c30-27(20-21-28(31)32)29(33)34-22-12-1-2-13-23-35(24-14-6-3-7-15-24,25-16-8-4-9-17-25)26-18-10-5-11-19-26/h3-11,14-19,27H,1-2,12-13,20-23,30H2/p+1/t27-/m0/s1. The summed E-state index contributed by atoms with van der Waals surface area (Å²) in [5, 5.41) is 12.9. The first-order chi connectivity index (χ1) is 17.0. The highest BCUT2D eigenvalue weighted by molar-refractivity contribution is 7.95. The summed E-state index contributed by atoms with van der Waals surface area (Å²) in [5.74, 6) is -1.48. The van der Waals surface area contributed by atoms with Crippen LogP contribution in [-0.2, 0) is 14.3 Å². The van der Waals surface area contributed by atoms with E-state index in [-0.39, 0.29) is 12.8 Å². The van der Waals surface area contributed by atoms with Crippen LogP contribution in [0.15, 0.2) is 91.0 Å². The van der Waals surface area contributed by atoms with E-state index in [4.69, 9.17) is 15.6 Å². The quantitative estimate of drug-likeness (QED) is 0.199. The van der Waals surface area contributed by atoms with Crippen molar-refractivity contribution in [2.45, 2.75) is 44.6 Å². The molecule has 35 heavy (non-hydrogen) atoms. The maximum Gasteiger partial charge on any atom is 0.322 e. The number of carboxylic acids is 1. The molecule has 3 aromatic rings. The molecule has 3 rings (SSSR count). The second-order valence-corrected chi connectivity index (χ2v) is 12.3. The maximum absolute atomic E-state index is 11.9. The summed E-state index contributed by atoms with van der Waals surface area (Å²) in [7, 11) is -1.80. The SMILES string of the molecule is N[C@@H](CCC(=O)O)C(=O)OCCCCCC[P+](c1ccccc1)(c1ccccc1)c1ccccc1. The lowest BCUT2D eigenvalue weighted by Gasteiger charge is -2.27. The van der Waals surface area contributed by atoms with Crippen LogP contribution < -0.4 is 21.6 Å². The fourth-order valence-corrected chi connectivity index (χ4v) is 8.77. The minimum Gasteiger partial charge on any atom is -0.481 e. The highest BCUT2D eigenvalue weighted by Gasteiger charge is 2.44. The Morgan fingerprint density at radius 2 is 1.20 bits per heavy atom. The summed E-state index contributed by atoms with van der Waals surface area (Å²) in [6.45, 7) is 0.315. The minimum atomic E-state index is -1.80. The van der Waals surface area contributed by atoms with E-state index in [1.54, 1.807) is 0 Å². The summed E-state index contributed by atoms with van der Waals surface area (Å²) >= 11 is 0. The topological polar surface area (TPSA) is 89.6 Å². The Bertz CT molecular complexity index is 947. The summed E-state index contributed by atoms with van der Waals surface area (Å²) in [6.07, 6.45) is 4.87. The number of aliphatic carboxylic acids is 1. The number of carboxylic acid groups (broad SMARTS) is 1. The first-order valence-corrected chi connectivity index (χ1v) is 14.2. The van der Waals surface area contributed by atoms with E-state index < -0.39 is 25.2 Å². The Morgan fingerprint density at radius 3 is 1.66 bits per heavy atom. The monoisotopic (exact) mass is 492 g/mol. The summed E-state index contributed by atoms with van der Waals surface area (Å²) in [5.41, 5.74) is 5.71. The van der Waals surface area contributed by atoms with Gasteiger partial charge >= 0.3 is 11.9 Å². The molecule has 184 valence electrons. The average Bonchev–Trinajstić information content (AvgIpc) is 2.90. The molecule has 0 saturated carbocycles. The molecule has 0 saturated heterocycles. The summed E-state index contributed by atoms with van der Waals surface area (Å²) in [4.78, 5) is 22.5. The van der Waals surface area contributed by atoms with Gasteiger partial charge in [-0.05, 0) is 68.5 Å². The molecule has 3 N–H and O–H groups in total. The number of hydrogen-bond donors (Lipinski definition) is 2. The zero-order valence-electron chi connectivity index (χ0n) is 20.1. The molecule has 0 bridgehead atoms. The molecule has 0 fully saturated rings. The van der Waals surface area contributed by atoms with Crippen LogP contribution in [0.5, 0.6) is 0 Å². The normalized spacial score (nSPS) is 12.1. The number of esters is 1. The van der Waals surface area contributed by atoms with Crippen LogP contribution >= 0.6 is 7.26 Å². The van der Waals surface area contributed by atoms with Crippen LogP contribution in [0.1, 0.15) is 38.5 Å². The minimum absolute atomic E-state index is 0.0956. The van der Waals surface area contributed by atoms with Gasteiger partial charge in [-0.15, -0.1) is 0 Å². The van der Waals surface area contributed by atoms with Crippen molar-refractivity contribution in [3.8, 4) is 0 Å². The Morgan fingerprint density at radius 1 is 0.743 bits per heavy atom. The molecule has 3 aromatic carbocycles. The Labute approximate surface area is 208 Å². The molecule has 6 heteroatoms. The van der Waals surface area contributed by atoms with Crippen LogP contribution in [-0.4, -0.2) is 35.9 Å². The van der Waals surface area contributed by atoms with Gasteiger partial charge in [0.15, 0.2) is 0 Å². The van der Waals surface area contributed by atoms with Gasteiger partial charge in [0, 0.05) is 6.42 Å². The van der Waals surface area contributed by atoms with Gasteiger partial charge in [-0.25, -0.2) is 0 Å². The van der Waals surface area contributed by atoms with Crippen LogP contribution in [0.2, 0.25) is 0 Å². The van der Waals surface area contributed by atoms with E-state index in [1.165, 1.54) is 15.9 Å². The van der Waals surface area contributed by atoms with E-state index in [1.807, 2.05) is 0 Å². The van der Waals surface area contributed by atoms with E-state index in [0.29, 0.717) is 6.61 Å². The lowest BCUT2D eigenvalue weighted by atomic mass is 10.2. The number of benzene rings is 3. The van der Waals surface area contributed by atoms with Gasteiger partial charge in [-0.2, -0.15) is 0 Å². The third kappa shape index (κ3) is 7.48. The molecule has 0 amide bonds. The zero-order valence-corrected chi connectivity index (χ0v) is 21.0. The Hall–Kier alpha value is -3.01. The Kier molecular flexibility index (Phi) is 10.5. The number of rotatable bonds is 14. The Balaban J connectivity index is 1.62. The van der Waals surface area contributed by atoms with Gasteiger partial charge in [-0.1, -0.05) is 54.6 Å². The van der Waals surface area contributed by atoms with Crippen molar-refractivity contribution < 1.29 is 19.4 Å². The third-order valence-corrected chi connectivity index (χ3v) is 10.7. The van der Waals surface area contributed by atoms with Crippen LogP contribution in [0.25, 0.3) is 0 Å². The maximum atomic E-state index is 11.9. The number of hydrogen-bond acceptors (Lipinski definition) is 4. The second-order valence-electron chi connectivity index (χ2n) is 8.66. The van der Waals surface area contributed by atoms with Crippen molar-refractivity contribution in [3.05, 3.63) is 91.0 Å². The van der Waals surface area contributed by atoms with Crippen molar-refractivity contribution in [1.82, 2.24) is 0 Å². The molecular weight excluding hydrogens is 457 g/mol. The fourth-order valence-electron chi connectivity index (χ4n) is 4.36. The molecule has 0 unspecified atom stereocenters. The molecule has 5 nitrogen and oxygen atoms in total. The molecule has 1 atom stereocenters. The van der Waals surface area contributed by atoms with E-state index >= 15 is 0 Å². The molecule has 0 aliphatic rings. The van der Waals surface area contributed by atoms with Gasteiger partial charge in [-0.3, -0.25) is 9.59 Å². The molecular formula is C29H35NO4P+. The average molecular weight is 493 g/mol. The van der Waals surface area contributed by atoms with E-state index in [2.05, 4.69) is 91.0 Å². The number of carbonyl (C=O) groups excluding carboxylic acids is 1. The molecule has 0 aliphatic heterocycles. The fraction of sp³-hybridized carbons (Fsp3) is 0.310. The number of carbonyl (C=O) groups is 2. The lowest BCUT2D eigenvalue weighted by Crippen LogP contribution is -2.33. The van der Waals surface area contributed by atoms with Crippen molar-refractivity contribution in [3.63, 3.8) is 0 Å². The van der Waals surface area contributed by atoms with Crippen molar-refractivity contribution in [1.29, 1.82) is 0 Å². The van der Waals surface area contributed by atoms with Crippen molar-refractivity contribution in [2.24, 2.45) is 5.73 Å². The number of unbranched alkanes of at least 4 members (excludes halogenated alkanes) is 3. The molecule has 0 heterocycles. The second kappa shape index (κ2) is 13.8. The first-order valence-electron chi connectivity index (χ1n) is 12.2. The molecule has 0 radical (unpaired) electrons. The molecule has 0 aromatic heterocycles. The highest BCUT2D eigenvalue weighted by atomic mass is 31.2. The largest absolute Gasteiger partial charge is 0.481 e. The van der Waals surface area contributed by atoms with Gasteiger partial charge in [0.2, 0.25) is 0 Å². The van der Waals surface area contributed by atoms with Crippen LogP contribution in [0.4, 0.5) is 0 Å². The highest BCUT2D eigenvalue weighted by Crippen LogP contribution is 2.55. The van der Waals surface area contributed by atoms with E-state index in [9.17, 15) is 9.59 Å². The van der Waals surface area contributed by atoms with Crippen molar-refractivity contribution in [2.75, 3.05) is 12.8 Å². The number of nitrogens with two attached hydrogens (primary N) is 1. The van der Waals surface area contributed by atoms with Gasteiger partial charge in [0.25, 0.3) is 0 Å². The van der Waals surface area contributed by atoms with Gasteiger partial charge < -0.3 is 15.6 Å². The summed E-state index contributed by atoms with van der Waals surface area (Å²) in [6, 6.07) is 31.7. The van der Waals surface area contributed by atoms with Crippen molar-refractivity contribution >= 4 is 35.1 Å². The smallest absolute Gasteiger partial charge is 0.322 e. The predicted octanol–water partition coefficient (Wildman–Crippen LogP) is 4.28. The van der Waals surface area contributed by atoms with Crippen LogP contribution in [0.3, 0.4) is 0 Å². The summed E-state index contributed by atoms with van der Waals surface area (Å²) < 4.78 is 5.24. The molecule has 0 spiro atoms. The third-order valence-electron chi connectivity index (χ3n) is 6.20. The van der Waals surface area contributed by atoms with Crippen LogP contribution in [0, 0.1) is 0 Å². The van der Waals surface area contributed by atoms with Gasteiger partial charge in [0.05, 0.1) is 12.8 Å². The zero-order chi connectivity index (χ0) is 24.9. The van der Waals surface area contributed by atoms with Gasteiger partial charge in [0.1, 0.15) is 29.2 Å². The first kappa shape index (κ1) is 26.6.